The molecule has 2 aromatic rings. The molecule has 2 aromatic heterocycles. The van der Waals surface area contributed by atoms with Gasteiger partial charge in [-0.15, -0.1) is 0 Å². The third-order valence-electron chi connectivity index (χ3n) is 4.70. The van der Waals surface area contributed by atoms with E-state index in [0.29, 0.717) is 18.0 Å². The Labute approximate surface area is 141 Å². The van der Waals surface area contributed by atoms with Gasteiger partial charge in [-0.2, -0.15) is 0 Å². The van der Waals surface area contributed by atoms with Gasteiger partial charge in [0, 0.05) is 48.7 Å². The maximum absolute atomic E-state index is 12.7. The van der Waals surface area contributed by atoms with Crippen LogP contribution in [0.1, 0.15) is 64.5 Å². The first-order valence-corrected chi connectivity index (χ1v) is 8.53. The smallest absolute Gasteiger partial charge is 0.257 e. The number of amides is 1. The van der Waals surface area contributed by atoms with Crippen molar-refractivity contribution in [2.24, 2.45) is 0 Å². The molecule has 0 spiro atoms. The molecular weight excluding hydrogens is 302 g/mol. The first-order chi connectivity index (χ1) is 11.6. The molecule has 0 bridgehead atoms. The molecule has 1 amide bonds. The lowest BCUT2D eigenvalue weighted by atomic mass is 10.1. The minimum Gasteiger partial charge on any atom is -0.338 e. The van der Waals surface area contributed by atoms with E-state index in [1.807, 2.05) is 24.8 Å². The van der Waals surface area contributed by atoms with Crippen molar-refractivity contribution in [2.75, 3.05) is 13.1 Å². The van der Waals surface area contributed by atoms with Gasteiger partial charge < -0.3 is 4.90 Å². The fourth-order valence-corrected chi connectivity index (χ4v) is 3.27. The molecule has 4 rings (SSSR count). The number of aryl methyl sites for hydroxylation is 2. The molecule has 1 saturated heterocycles. The standard InChI is InChI=1S/C18H21N5O/c1-11-7-12(2)22-17(21-11)14-5-6-23(10-14)18(24)15-8-19-16(20-9-15)13-3-4-13/h7-9,13-14H,3-6,10H2,1-2H3/t14-/m1/s1. The fraction of sp³-hybridized carbons (Fsp3) is 0.500. The van der Waals surface area contributed by atoms with E-state index in [-0.39, 0.29) is 11.8 Å². The van der Waals surface area contributed by atoms with E-state index in [1.54, 1.807) is 12.4 Å². The van der Waals surface area contributed by atoms with E-state index in [1.165, 1.54) is 0 Å². The maximum Gasteiger partial charge on any atom is 0.257 e. The summed E-state index contributed by atoms with van der Waals surface area (Å²) in [7, 11) is 0. The Bertz CT molecular complexity index is 749. The van der Waals surface area contributed by atoms with Crippen molar-refractivity contribution < 1.29 is 4.79 Å². The van der Waals surface area contributed by atoms with Crippen LogP contribution < -0.4 is 0 Å². The molecule has 6 heteroatoms. The van der Waals surface area contributed by atoms with Crippen LogP contribution in [0.5, 0.6) is 0 Å². The number of carbonyl (C=O) groups is 1. The Morgan fingerprint density at radius 3 is 2.29 bits per heavy atom. The van der Waals surface area contributed by atoms with Crippen LogP contribution in [-0.4, -0.2) is 43.8 Å². The quantitative estimate of drug-likeness (QED) is 0.867. The molecule has 3 heterocycles. The summed E-state index contributed by atoms with van der Waals surface area (Å²) in [5.74, 6) is 2.44. The van der Waals surface area contributed by atoms with Gasteiger partial charge in [0.15, 0.2) is 0 Å². The number of likely N-dealkylation sites (tertiary alicyclic amines) is 1. The zero-order chi connectivity index (χ0) is 16.7. The molecule has 0 unspecified atom stereocenters. The highest BCUT2D eigenvalue weighted by Gasteiger charge is 2.31. The lowest BCUT2D eigenvalue weighted by Gasteiger charge is -2.16. The van der Waals surface area contributed by atoms with Crippen LogP contribution in [0.15, 0.2) is 18.5 Å². The molecular formula is C18H21N5O. The minimum absolute atomic E-state index is 0.00391. The van der Waals surface area contributed by atoms with E-state index in [9.17, 15) is 4.79 Å². The maximum atomic E-state index is 12.7. The van der Waals surface area contributed by atoms with E-state index in [0.717, 1.165) is 48.8 Å². The first-order valence-electron chi connectivity index (χ1n) is 8.53. The van der Waals surface area contributed by atoms with Gasteiger partial charge >= 0.3 is 0 Å². The van der Waals surface area contributed by atoms with Gasteiger partial charge in [-0.05, 0) is 39.2 Å². The average Bonchev–Trinajstić information content (AvgIpc) is 3.30. The summed E-state index contributed by atoms with van der Waals surface area (Å²) >= 11 is 0. The van der Waals surface area contributed by atoms with E-state index >= 15 is 0 Å². The average molecular weight is 323 g/mol. The number of hydrogen-bond donors (Lipinski definition) is 0. The molecule has 2 fully saturated rings. The predicted octanol–water partition coefficient (Wildman–Crippen LogP) is 2.39. The van der Waals surface area contributed by atoms with Crippen LogP contribution in [0.4, 0.5) is 0 Å². The summed E-state index contributed by atoms with van der Waals surface area (Å²) in [5, 5.41) is 0. The van der Waals surface area contributed by atoms with Gasteiger partial charge in [0.05, 0.1) is 5.56 Å². The molecule has 1 aliphatic heterocycles. The molecule has 1 aliphatic carbocycles. The number of nitrogens with zero attached hydrogens (tertiary/aromatic N) is 5. The molecule has 0 radical (unpaired) electrons. The van der Waals surface area contributed by atoms with E-state index in [4.69, 9.17) is 0 Å². The highest BCUT2D eigenvalue weighted by molar-refractivity contribution is 5.93. The van der Waals surface area contributed by atoms with Crippen molar-refractivity contribution in [3.63, 3.8) is 0 Å². The lowest BCUT2D eigenvalue weighted by molar-refractivity contribution is 0.0789. The topological polar surface area (TPSA) is 71.9 Å². The predicted molar refractivity (Wildman–Crippen MR) is 88.8 cm³/mol. The van der Waals surface area contributed by atoms with Crippen molar-refractivity contribution in [3.05, 3.63) is 47.1 Å². The normalized spacial score (nSPS) is 20.4. The fourth-order valence-electron chi connectivity index (χ4n) is 3.27. The third kappa shape index (κ3) is 3.00. The van der Waals surface area contributed by atoms with E-state index < -0.39 is 0 Å². The second-order valence-electron chi connectivity index (χ2n) is 6.85. The van der Waals surface area contributed by atoms with Gasteiger partial charge in [-0.25, -0.2) is 19.9 Å². The zero-order valence-corrected chi connectivity index (χ0v) is 14.1. The van der Waals surface area contributed by atoms with Gasteiger partial charge in [0.1, 0.15) is 11.6 Å². The molecule has 1 atom stereocenters. The number of carbonyl (C=O) groups excluding carboxylic acids is 1. The zero-order valence-electron chi connectivity index (χ0n) is 14.1. The summed E-state index contributed by atoms with van der Waals surface area (Å²) in [4.78, 5) is 32.3. The second kappa shape index (κ2) is 5.92. The number of aromatic nitrogens is 4. The molecule has 0 N–H and O–H groups in total. The van der Waals surface area contributed by atoms with Crippen molar-refractivity contribution in [1.29, 1.82) is 0 Å². The van der Waals surface area contributed by atoms with Crippen molar-refractivity contribution in [1.82, 2.24) is 24.8 Å². The summed E-state index contributed by atoms with van der Waals surface area (Å²) in [5.41, 5.74) is 2.53. The van der Waals surface area contributed by atoms with Crippen LogP contribution in [0, 0.1) is 13.8 Å². The molecule has 2 aliphatic rings. The largest absolute Gasteiger partial charge is 0.338 e. The Kier molecular flexibility index (Phi) is 3.75. The first kappa shape index (κ1) is 15.2. The Morgan fingerprint density at radius 1 is 1.00 bits per heavy atom. The Morgan fingerprint density at radius 2 is 1.67 bits per heavy atom. The summed E-state index contributed by atoms with van der Waals surface area (Å²) in [6, 6.07) is 1.97. The van der Waals surface area contributed by atoms with Crippen molar-refractivity contribution in [2.45, 2.75) is 44.9 Å². The van der Waals surface area contributed by atoms with Crippen molar-refractivity contribution in [3.8, 4) is 0 Å². The SMILES string of the molecule is Cc1cc(C)nc([C@@H]2CCN(C(=O)c3cnc(C4CC4)nc3)C2)n1. The van der Waals surface area contributed by atoms with Gasteiger partial charge in [-0.3, -0.25) is 4.79 Å². The van der Waals surface area contributed by atoms with Crippen LogP contribution in [-0.2, 0) is 0 Å². The molecule has 24 heavy (non-hydrogen) atoms. The Hall–Kier alpha value is -2.37. The third-order valence-corrected chi connectivity index (χ3v) is 4.70. The number of rotatable bonds is 3. The monoisotopic (exact) mass is 323 g/mol. The molecule has 6 nitrogen and oxygen atoms in total. The minimum atomic E-state index is 0.00391. The van der Waals surface area contributed by atoms with Gasteiger partial charge in [0.2, 0.25) is 0 Å². The van der Waals surface area contributed by atoms with Crippen molar-refractivity contribution >= 4 is 5.91 Å². The lowest BCUT2D eigenvalue weighted by Crippen LogP contribution is -2.29. The van der Waals surface area contributed by atoms with E-state index in [2.05, 4.69) is 19.9 Å². The van der Waals surface area contributed by atoms with Crippen LogP contribution >= 0.6 is 0 Å². The van der Waals surface area contributed by atoms with Gasteiger partial charge in [0.25, 0.3) is 5.91 Å². The van der Waals surface area contributed by atoms with Crippen LogP contribution in [0.25, 0.3) is 0 Å². The van der Waals surface area contributed by atoms with Crippen LogP contribution in [0.2, 0.25) is 0 Å². The highest BCUT2D eigenvalue weighted by Crippen LogP contribution is 2.37. The molecule has 124 valence electrons. The number of hydrogen-bond acceptors (Lipinski definition) is 5. The summed E-state index contributed by atoms with van der Waals surface area (Å²) in [6.07, 6.45) is 6.57. The molecule has 0 aromatic carbocycles. The van der Waals surface area contributed by atoms with Gasteiger partial charge in [-0.1, -0.05) is 0 Å². The van der Waals surface area contributed by atoms with Crippen LogP contribution in [0.3, 0.4) is 0 Å². The second-order valence-corrected chi connectivity index (χ2v) is 6.85. The summed E-state index contributed by atoms with van der Waals surface area (Å²) < 4.78 is 0. The highest BCUT2D eigenvalue weighted by atomic mass is 16.2. The molecule has 1 saturated carbocycles. The summed E-state index contributed by atoms with van der Waals surface area (Å²) in [6.45, 7) is 5.35. The Balaban J connectivity index is 1.46.